The van der Waals surface area contributed by atoms with Gasteiger partial charge in [0.05, 0.1) is 0 Å². The van der Waals surface area contributed by atoms with E-state index in [9.17, 15) is 4.39 Å². The molecule has 2 atom stereocenters. The number of rotatable bonds is 7. The Balaban J connectivity index is 2.56. The summed E-state index contributed by atoms with van der Waals surface area (Å²) in [6.45, 7) is 4.37. The molecule has 17 heavy (non-hydrogen) atoms. The number of hydrogen-bond donors (Lipinski definition) is 1. The molecule has 1 rings (SSSR count). The first-order valence-corrected chi connectivity index (χ1v) is 7.57. The first kappa shape index (κ1) is 14.5. The lowest BCUT2D eigenvalue weighted by atomic mass is 10.0. The van der Waals surface area contributed by atoms with Crippen molar-refractivity contribution >= 4 is 11.8 Å². The van der Waals surface area contributed by atoms with Gasteiger partial charge in [0.1, 0.15) is 5.82 Å². The SMILES string of the molecule is CCC(NC(C)CCSC)c1ccc(F)cc1. The van der Waals surface area contributed by atoms with Gasteiger partial charge in [-0.3, -0.25) is 0 Å². The van der Waals surface area contributed by atoms with Crippen molar-refractivity contribution in [1.29, 1.82) is 0 Å². The summed E-state index contributed by atoms with van der Waals surface area (Å²) in [7, 11) is 0. The van der Waals surface area contributed by atoms with Gasteiger partial charge >= 0.3 is 0 Å². The van der Waals surface area contributed by atoms with E-state index in [0.717, 1.165) is 6.42 Å². The van der Waals surface area contributed by atoms with Gasteiger partial charge in [-0.15, -0.1) is 0 Å². The van der Waals surface area contributed by atoms with Gasteiger partial charge < -0.3 is 5.32 Å². The fourth-order valence-electron chi connectivity index (χ4n) is 1.87. The van der Waals surface area contributed by atoms with Crippen LogP contribution in [0.2, 0.25) is 0 Å². The first-order chi connectivity index (χ1) is 8.17. The minimum atomic E-state index is -0.168. The number of thioether (sulfide) groups is 1. The maximum Gasteiger partial charge on any atom is 0.123 e. The summed E-state index contributed by atoms with van der Waals surface area (Å²) in [5.74, 6) is 1.01. The largest absolute Gasteiger partial charge is 0.307 e. The Hall–Kier alpha value is -0.540. The van der Waals surface area contributed by atoms with E-state index in [4.69, 9.17) is 0 Å². The summed E-state index contributed by atoms with van der Waals surface area (Å²) in [5.41, 5.74) is 1.17. The van der Waals surface area contributed by atoms with Crippen LogP contribution in [0.15, 0.2) is 24.3 Å². The van der Waals surface area contributed by atoms with Crippen molar-refractivity contribution in [2.45, 2.75) is 38.8 Å². The number of nitrogens with one attached hydrogen (secondary N) is 1. The molecule has 1 N–H and O–H groups in total. The fraction of sp³-hybridized carbons (Fsp3) is 0.571. The molecule has 0 fully saturated rings. The minimum absolute atomic E-state index is 0.168. The van der Waals surface area contributed by atoms with E-state index in [1.807, 2.05) is 23.9 Å². The van der Waals surface area contributed by atoms with E-state index in [1.165, 1.54) is 29.9 Å². The molecule has 0 aliphatic carbocycles. The molecule has 0 heterocycles. The third-order valence-electron chi connectivity index (χ3n) is 2.92. The predicted octanol–water partition coefficient (Wildman–Crippen LogP) is 4.01. The first-order valence-electron chi connectivity index (χ1n) is 6.17. The second-order valence-electron chi connectivity index (χ2n) is 4.36. The molecular formula is C14H22FNS. The molecule has 1 aromatic carbocycles. The van der Waals surface area contributed by atoms with Crippen LogP contribution in [-0.4, -0.2) is 18.1 Å². The van der Waals surface area contributed by atoms with Gasteiger partial charge in [0.2, 0.25) is 0 Å². The van der Waals surface area contributed by atoms with Gasteiger partial charge in [-0.2, -0.15) is 11.8 Å². The predicted molar refractivity (Wildman–Crippen MR) is 75.0 cm³/mol. The van der Waals surface area contributed by atoms with Crippen LogP contribution >= 0.6 is 11.8 Å². The lowest BCUT2D eigenvalue weighted by molar-refractivity contribution is 0.439. The molecule has 0 saturated carbocycles. The zero-order valence-electron chi connectivity index (χ0n) is 10.9. The van der Waals surface area contributed by atoms with Gasteiger partial charge in [-0.05, 0) is 49.5 Å². The summed E-state index contributed by atoms with van der Waals surface area (Å²) in [6, 6.07) is 7.64. The molecule has 2 unspecified atom stereocenters. The summed E-state index contributed by atoms with van der Waals surface area (Å²) >= 11 is 1.87. The zero-order valence-corrected chi connectivity index (χ0v) is 11.7. The maximum absolute atomic E-state index is 12.9. The van der Waals surface area contributed by atoms with Crippen LogP contribution < -0.4 is 5.32 Å². The van der Waals surface area contributed by atoms with Crippen LogP contribution in [0.25, 0.3) is 0 Å². The molecule has 1 aromatic rings. The lowest BCUT2D eigenvalue weighted by Gasteiger charge is -2.22. The van der Waals surface area contributed by atoms with Gasteiger partial charge in [0.15, 0.2) is 0 Å². The summed E-state index contributed by atoms with van der Waals surface area (Å²) < 4.78 is 12.9. The molecule has 0 amide bonds. The molecule has 0 spiro atoms. The number of halogens is 1. The minimum Gasteiger partial charge on any atom is -0.307 e. The Morgan fingerprint density at radius 3 is 2.47 bits per heavy atom. The van der Waals surface area contributed by atoms with E-state index in [0.29, 0.717) is 12.1 Å². The van der Waals surface area contributed by atoms with Crippen molar-refractivity contribution in [3.05, 3.63) is 35.6 Å². The molecule has 0 saturated heterocycles. The molecular weight excluding hydrogens is 233 g/mol. The van der Waals surface area contributed by atoms with Crippen LogP contribution in [0.3, 0.4) is 0 Å². The molecule has 1 nitrogen and oxygen atoms in total. The lowest BCUT2D eigenvalue weighted by Crippen LogP contribution is -2.30. The van der Waals surface area contributed by atoms with Gasteiger partial charge in [-0.25, -0.2) is 4.39 Å². The van der Waals surface area contributed by atoms with Crippen LogP contribution in [0, 0.1) is 5.82 Å². The smallest absolute Gasteiger partial charge is 0.123 e. The maximum atomic E-state index is 12.9. The quantitative estimate of drug-likeness (QED) is 0.790. The van der Waals surface area contributed by atoms with Gasteiger partial charge in [0, 0.05) is 12.1 Å². The van der Waals surface area contributed by atoms with Crippen LogP contribution in [0.5, 0.6) is 0 Å². The van der Waals surface area contributed by atoms with Gasteiger partial charge in [0.25, 0.3) is 0 Å². The average molecular weight is 255 g/mol. The average Bonchev–Trinajstić information content (AvgIpc) is 2.34. The third-order valence-corrected chi connectivity index (χ3v) is 3.57. The molecule has 0 aliphatic heterocycles. The van der Waals surface area contributed by atoms with Crippen molar-refractivity contribution in [2.24, 2.45) is 0 Å². The number of benzene rings is 1. The van der Waals surface area contributed by atoms with Crippen molar-refractivity contribution in [2.75, 3.05) is 12.0 Å². The molecule has 96 valence electrons. The Kier molecular flexibility index (Phi) is 6.60. The van der Waals surface area contributed by atoms with E-state index in [1.54, 1.807) is 0 Å². The second kappa shape index (κ2) is 7.72. The van der Waals surface area contributed by atoms with E-state index >= 15 is 0 Å². The molecule has 3 heteroatoms. The van der Waals surface area contributed by atoms with Crippen molar-refractivity contribution in [3.8, 4) is 0 Å². The monoisotopic (exact) mass is 255 g/mol. The number of hydrogen-bond acceptors (Lipinski definition) is 2. The Bertz CT molecular complexity index is 313. The summed E-state index contributed by atoms with van der Waals surface area (Å²) in [4.78, 5) is 0. The fourth-order valence-corrected chi connectivity index (χ4v) is 2.46. The van der Waals surface area contributed by atoms with Crippen molar-refractivity contribution in [1.82, 2.24) is 5.32 Å². The Morgan fingerprint density at radius 2 is 1.94 bits per heavy atom. The highest BCUT2D eigenvalue weighted by Gasteiger charge is 2.12. The Labute approximate surface area is 108 Å². The Morgan fingerprint density at radius 1 is 1.29 bits per heavy atom. The van der Waals surface area contributed by atoms with Gasteiger partial charge in [-0.1, -0.05) is 19.1 Å². The highest BCUT2D eigenvalue weighted by atomic mass is 32.2. The van der Waals surface area contributed by atoms with Crippen molar-refractivity contribution in [3.63, 3.8) is 0 Å². The molecule has 0 aromatic heterocycles. The summed E-state index contributed by atoms with van der Waals surface area (Å²) in [5, 5.41) is 3.60. The second-order valence-corrected chi connectivity index (χ2v) is 5.35. The van der Waals surface area contributed by atoms with Crippen molar-refractivity contribution < 1.29 is 4.39 Å². The van der Waals surface area contributed by atoms with Crippen LogP contribution in [0.4, 0.5) is 4.39 Å². The van der Waals surface area contributed by atoms with E-state index < -0.39 is 0 Å². The topological polar surface area (TPSA) is 12.0 Å². The normalized spacial score (nSPS) is 14.6. The molecule has 0 bridgehead atoms. The molecule has 0 radical (unpaired) electrons. The van der Waals surface area contributed by atoms with Crippen LogP contribution in [-0.2, 0) is 0 Å². The van der Waals surface area contributed by atoms with Crippen LogP contribution in [0.1, 0.15) is 38.3 Å². The highest BCUT2D eigenvalue weighted by Crippen LogP contribution is 2.18. The summed E-state index contributed by atoms with van der Waals surface area (Å²) in [6.07, 6.45) is 4.32. The van der Waals surface area contributed by atoms with E-state index in [-0.39, 0.29) is 5.82 Å². The standard InChI is InChI=1S/C14H22FNS/c1-4-14(16-11(2)9-10-17-3)12-5-7-13(15)8-6-12/h5-8,11,14,16H,4,9-10H2,1-3H3. The molecule has 0 aliphatic rings. The zero-order chi connectivity index (χ0) is 12.7. The third kappa shape index (κ3) is 5.09. The highest BCUT2D eigenvalue weighted by molar-refractivity contribution is 7.98. The van der Waals surface area contributed by atoms with E-state index in [2.05, 4.69) is 25.4 Å².